The first-order chi connectivity index (χ1) is 19.1. The molecule has 0 saturated heterocycles. The molecule has 4 heteroatoms. The minimum Gasteiger partial charge on any atom is -0.490 e. The van der Waals surface area contributed by atoms with Crippen molar-refractivity contribution < 1.29 is 19.1 Å². The van der Waals surface area contributed by atoms with Gasteiger partial charge in [0, 0.05) is 16.4 Å². The van der Waals surface area contributed by atoms with E-state index >= 15 is 0 Å². The predicted octanol–water partition coefficient (Wildman–Crippen LogP) is 9.06. The molecule has 0 heterocycles. The number of rotatable bonds is 11. The molecule has 2 bridgehead atoms. The summed E-state index contributed by atoms with van der Waals surface area (Å²) in [6.07, 6.45) is 13.0. The first kappa shape index (κ1) is 31.4. The number of ketones is 1. The Morgan fingerprint density at radius 2 is 1.35 bits per heavy atom. The van der Waals surface area contributed by atoms with Gasteiger partial charge < -0.3 is 9.47 Å². The molecule has 0 spiro atoms. The van der Waals surface area contributed by atoms with Crippen LogP contribution in [0.4, 0.5) is 0 Å². The summed E-state index contributed by atoms with van der Waals surface area (Å²) < 4.78 is 10.4. The maximum Gasteiger partial charge on any atom is 0.373 e. The van der Waals surface area contributed by atoms with Crippen molar-refractivity contribution in [2.24, 2.45) is 16.2 Å². The van der Waals surface area contributed by atoms with Crippen LogP contribution in [-0.2, 0) is 19.1 Å². The Bertz CT molecular complexity index is 1180. The van der Waals surface area contributed by atoms with Crippen molar-refractivity contribution >= 4 is 23.9 Å². The predicted molar refractivity (Wildman–Crippen MR) is 164 cm³/mol. The van der Waals surface area contributed by atoms with Crippen molar-refractivity contribution in [1.82, 2.24) is 0 Å². The van der Waals surface area contributed by atoms with Gasteiger partial charge in [0.25, 0.3) is 0 Å². The molecule has 2 atom stereocenters. The Labute approximate surface area is 241 Å². The second-order valence-corrected chi connectivity index (χ2v) is 12.1. The van der Waals surface area contributed by atoms with Crippen molar-refractivity contribution in [1.29, 1.82) is 0 Å². The van der Waals surface area contributed by atoms with Gasteiger partial charge in [-0.05, 0) is 48.0 Å². The van der Waals surface area contributed by atoms with Gasteiger partial charge in [0.2, 0.25) is 5.76 Å². The van der Waals surface area contributed by atoms with Gasteiger partial charge in [-0.1, -0.05) is 127 Å². The topological polar surface area (TPSA) is 52.6 Å². The first-order valence-corrected chi connectivity index (χ1v) is 14.9. The number of methoxy groups -OCH3 is 1. The molecule has 2 fully saturated rings. The fourth-order valence-corrected chi connectivity index (χ4v) is 6.11. The number of Topliss-reactive ketones (excluding diaryl/α,β-unsaturated/α-hetero) is 1. The van der Waals surface area contributed by atoms with Crippen molar-refractivity contribution in [3.8, 4) is 0 Å². The van der Waals surface area contributed by atoms with Crippen LogP contribution < -0.4 is 0 Å². The van der Waals surface area contributed by atoms with Gasteiger partial charge in [-0.3, -0.25) is 4.79 Å². The lowest BCUT2D eigenvalue weighted by Crippen LogP contribution is -2.34. The van der Waals surface area contributed by atoms with Gasteiger partial charge >= 0.3 is 5.97 Å². The lowest BCUT2D eigenvalue weighted by Gasteiger charge is -2.37. The molecule has 4 rings (SSSR count). The molecule has 0 amide bonds. The number of ether oxygens (including phenoxy) is 2. The number of benzene rings is 2. The second-order valence-electron chi connectivity index (χ2n) is 12.1. The fraction of sp³-hybridized carbons (Fsp3) is 0.500. The smallest absolute Gasteiger partial charge is 0.373 e. The molecule has 2 aliphatic rings. The molecule has 2 unspecified atom stereocenters. The van der Waals surface area contributed by atoms with Crippen LogP contribution in [0.1, 0.15) is 97.1 Å². The largest absolute Gasteiger partial charge is 0.490 e. The van der Waals surface area contributed by atoms with Gasteiger partial charge in [-0.2, -0.15) is 0 Å². The molecule has 0 aliphatic heterocycles. The normalized spacial score (nSPS) is 24.0. The number of esters is 1. The van der Waals surface area contributed by atoms with E-state index in [0.717, 1.165) is 42.4 Å². The van der Waals surface area contributed by atoms with Crippen LogP contribution in [0.5, 0.6) is 0 Å². The molecule has 40 heavy (non-hydrogen) atoms. The van der Waals surface area contributed by atoms with E-state index in [4.69, 9.17) is 9.47 Å². The standard InChI is InChI=1S/C18H26O3.C18H22O/c1-3-4-5-6-7-11-14-21-18(19)17(20-2)15-16-12-9-8-10-13-16;1-16(2)17(3)10-11-18(16,4)15(19)14(17)12-13-8-6-5-7-9-13/h8-10,12-13,15H,3-7,11,14H2,1-2H3;5-9,12H,10-11H2,1-4H3. The monoisotopic (exact) mass is 544 g/mol. The summed E-state index contributed by atoms with van der Waals surface area (Å²) in [4.78, 5) is 24.7. The number of allylic oxidation sites excluding steroid dienone is 1. The zero-order chi connectivity index (χ0) is 29.2. The van der Waals surface area contributed by atoms with Crippen molar-refractivity contribution in [3.63, 3.8) is 0 Å². The molecule has 2 aromatic rings. The molecule has 0 radical (unpaired) electrons. The quantitative estimate of drug-likeness (QED) is 0.123. The number of carbonyl (C=O) groups excluding carboxylic acids is 2. The second kappa shape index (κ2) is 14.0. The van der Waals surface area contributed by atoms with E-state index in [1.165, 1.54) is 32.8 Å². The third-order valence-corrected chi connectivity index (χ3v) is 9.58. The van der Waals surface area contributed by atoms with Crippen molar-refractivity contribution in [2.45, 2.75) is 86.0 Å². The summed E-state index contributed by atoms with van der Waals surface area (Å²) in [5, 5.41) is 0. The molecule has 2 saturated carbocycles. The van der Waals surface area contributed by atoms with Crippen molar-refractivity contribution in [3.05, 3.63) is 83.1 Å². The van der Waals surface area contributed by atoms with Crippen LogP contribution >= 0.6 is 0 Å². The van der Waals surface area contributed by atoms with E-state index in [-0.39, 0.29) is 22.0 Å². The van der Waals surface area contributed by atoms with Crippen LogP contribution in [-0.4, -0.2) is 25.5 Å². The SMILES string of the molecule is CC12CCC(C)(C(=Cc3ccccc3)C1=O)C2(C)C.CCCCCCCCOC(=O)C(=Cc1ccccc1)OC. The Kier molecular flexibility index (Phi) is 11.0. The summed E-state index contributed by atoms with van der Waals surface area (Å²) in [5.74, 6) is 0.220. The van der Waals surface area contributed by atoms with Crippen LogP contribution in [0.15, 0.2) is 72.0 Å². The van der Waals surface area contributed by atoms with E-state index in [1.54, 1.807) is 6.08 Å². The first-order valence-electron chi connectivity index (χ1n) is 14.9. The van der Waals surface area contributed by atoms with E-state index in [2.05, 4.69) is 52.8 Å². The average molecular weight is 545 g/mol. The highest BCUT2D eigenvalue weighted by molar-refractivity contribution is 6.09. The summed E-state index contributed by atoms with van der Waals surface area (Å²) >= 11 is 0. The minimum atomic E-state index is -0.394. The number of carbonyl (C=O) groups is 2. The van der Waals surface area contributed by atoms with E-state index in [9.17, 15) is 9.59 Å². The molecule has 216 valence electrons. The van der Waals surface area contributed by atoms with Crippen LogP contribution in [0.25, 0.3) is 12.2 Å². The van der Waals surface area contributed by atoms with Crippen LogP contribution in [0.2, 0.25) is 0 Å². The summed E-state index contributed by atoms with van der Waals surface area (Å²) in [7, 11) is 1.49. The third kappa shape index (κ3) is 6.77. The number of hydrogen-bond donors (Lipinski definition) is 0. The molecular formula is C36H48O4. The maximum absolute atomic E-state index is 12.8. The molecular weight excluding hydrogens is 496 g/mol. The van der Waals surface area contributed by atoms with E-state index in [1.807, 2.05) is 48.5 Å². The summed E-state index contributed by atoms with van der Waals surface area (Å²) in [6.45, 7) is 11.6. The zero-order valence-electron chi connectivity index (χ0n) is 25.4. The Hall–Kier alpha value is -3.14. The zero-order valence-corrected chi connectivity index (χ0v) is 25.4. The molecule has 2 aliphatic carbocycles. The van der Waals surface area contributed by atoms with Gasteiger partial charge in [-0.15, -0.1) is 0 Å². The minimum absolute atomic E-state index is 0.0225. The Morgan fingerprint density at radius 1 is 0.800 bits per heavy atom. The molecule has 4 nitrogen and oxygen atoms in total. The number of hydrogen-bond acceptors (Lipinski definition) is 4. The highest BCUT2D eigenvalue weighted by Gasteiger charge is 2.70. The summed E-state index contributed by atoms with van der Waals surface area (Å²) in [5.41, 5.74) is 3.00. The van der Waals surface area contributed by atoms with E-state index < -0.39 is 5.97 Å². The van der Waals surface area contributed by atoms with Crippen molar-refractivity contribution in [2.75, 3.05) is 13.7 Å². The number of fused-ring (bicyclic) bond motifs is 2. The lowest BCUT2D eigenvalue weighted by atomic mass is 9.65. The Balaban J connectivity index is 0.000000221. The van der Waals surface area contributed by atoms with Gasteiger partial charge in [0.1, 0.15) is 0 Å². The molecule has 0 aromatic heterocycles. The summed E-state index contributed by atoms with van der Waals surface area (Å²) in [6, 6.07) is 19.8. The number of unbranched alkanes of at least 4 members (excludes halogenated alkanes) is 5. The third-order valence-electron chi connectivity index (χ3n) is 9.58. The van der Waals surface area contributed by atoms with Crippen LogP contribution in [0, 0.1) is 16.2 Å². The lowest BCUT2D eigenvalue weighted by molar-refractivity contribution is -0.142. The maximum atomic E-state index is 12.8. The highest BCUT2D eigenvalue weighted by atomic mass is 16.6. The van der Waals surface area contributed by atoms with Gasteiger partial charge in [0.05, 0.1) is 13.7 Å². The van der Waals surface area contributed by atoms with Gasteiger partial charge in [0.15, 0.2) is 5.78 Å². The fourth-order valence-electron chi connectivity index (χ4n) is 6.11. The highest BCUT2D eigenvalue weighted by Crippen LogP contribution is 2.72. The van der Waals surface area contributed by atoms with E-state index in [0.29, 0.717) is 12.4 Å². The molecule has 0 N–H and O–H groups in total. The Morgan fingerprint density at radius 3 is 1.90 bits per heavy atom. The van der Waals surface area contributed by atoms with Crippen LogP contribution in [0.3, 0.4) is 0 Å². The molecule has 2 aromatic carbocycles. The van der Waals surface area contributed by atoms with Gasteiger partial charge in [-0.25, -0.2) is 4.79 Å². The average Bonchev–Trinajstić information content (AvgIpc) is 3.21.